The molecule has 0 unspecified atom stereocenters. The molecule has 0 saturated heterocycles. The van der Waals surface area contributed by atoms with Crippen molar-refractivity contribution >= 4 is 45.3 Å². The summed E-state index contributed by atoms with van der Waals surface area (Å²) in [6, 6.07) is 9.80. The van der Waals surface area contributed by atoms with Crippen LogP contribution in [0.4, 0.5) is 5.13 Å². The Labute approximate surface area is 164 Å². The van der Waals surface area contributed by atoms with Gasteiger partial charge in [0.25, 0.3) is 5.91 Å². The van der Waals surface area contributed by atoms with E-state index in [4.69, 9.17) is 17.3 Å². The number of hydrogen-bond donors (Lipinski definition) is 3. The number of fused-ring (bicyclic) bond motifs is 1. The van der Waals surface area contributed by atoms with Crippen LogP contribution >= 0.6 is 34.3 Å². The van der Waals surface area contributed by atoms with Crippen molar-refractivity contribution in [3.05, 3.63) is 56.9 Å². The molecule has 0 radical (unpaired) electrons. The fraction of sp³-hybridized carbons (Fsp3) is 0.222. The number of anilines is 1. The molecule has 3 aromatic rings. The number of rotatable bonds is 6. The average Bonchev–Trinajstić information content (AvgIpc) is 3.34. The van der Waals surface area contributed by atoms with Crippen LogP contribution in [0, 0.1) is 0 Å². The molecule has 1 atom stereocenters. The Morgan fingerprint density at radius 1 is 1.31 bits per heavy atom. The zero-order chi connectivity index (χ0) is 18.1. The highest BCUT2D eigenvalue weighted by atomic mass is 35.5. The fourth-order valence-electron chi connectivity index (χ4n) is 2.89. The van der Waals surface area contributed by atoms with Gasteiger partial charge in [-0.3, -0.25) is 4.79 Å². The van der Waals surface area contributed by atoms with Gasteiger partial charge in [-0.25, -0.2) is 4.98 Å². The Bertz CT molecular complexity index is 952. The molecular weight excluding hydrogens is 388 g/mol. The average molecular weight is 405 g/mol. The van der Waals surface area contributed by atoms with Crippen LogP contribution in [0.2, 0.25) is 4.34 Å². The van der Waals surface area contributed by atoms with Gasteiger partial charge in [0.05, 0.1) is 9.21 Å². The van der Waals surface area contributed by atoms with Crippen LogP contribution in [-0.4, -0.2) is 23.5 Å². The number of hydrogen-bond acceptors (Lipinski definition) is 6. The Hall–Kier alpha value is -1.93. The van der Waals surface area contributed by atoms with Crippen molar-refractivity contribution in [1.82, 2.24) is 10.3 Å². The van der Waals surface area contributed by atoms with Gasteiger partial charge in [0.2, 0.25) is 0 Å². The molecule has 1 amide bonds. The van der Waals surface area contributed by atoms with Crippen LogP contribution in [0.5, 0.6) is 0 Å². The number of carbonyl (C=O) groups is 1. The second-order valence-electron chi connectivity index (χ2n) is 6.14. The molecule has 4 rings (SSSR count). The third-order valence-electron chi connectivity index (χ3n) is 4.19. The summed E-state index contributed by atoms with van der Waals surface area (Å²) in [5.41, 5.74) is 9.06. The SMILES string of the molecule is N[C@H](CNc1ncc(-c2ccc3c(c2)CNC3=O)s1)Cc1ccc(Cl)s1. The van der Waals surface area contributed by atoms with Crippen molar-refractivity contribution in [2.45, 2.75) is 19.0 Å². The number of amides is 1. The maximum atomic E-state index is 11.6. The fourth-order valence-corrected chi connectivity index (χ4v) is 4.88. The summed E-state index contributed by atoms with van der Waals surface area (Å²) in [5.74, 6) is -0.000717. The maximum absolute atomic E-state index is 11.6. The monoisotopic (exact) mass is 404 g/mol. The molecule has 1 aromatic carbocycles. The van der Waals surface area contributed by atoms with E-state index < -0.39 is 0 Å². The van der Waals surface area contributed by atoms with Crippen LogP contribution in [0.25, 0.3) is 10.4 Å². The summed E-state index contributed by atoms with van der Waals surface area (Å²) >= 11 is 9.10. The second kappa shape index (κ2) is 7.36. The topological polar surface area (TPSA) is 80.0 Å². The molecule has 0 aliphatic carbocycles. The first-order valence-corrected chi connectivity index (χ1v) is 10.2. The number of nitrogens with zero attached hydrogens (tertiary/aromatic N) is 1. The Balaban J connectivity index is 1.38. The zero-order valence-corrected chi connectivity index (χ0v) is 16.2. The lowest BCUT2D eigenvalue weighted by Gasteiger charge is -2.10. The largest absolute Gasteiger partial charge is 0.360 e. The van der Waals surface area contributed by atoms with Gasteiger partial charge in [0, 0.05) is 35.8 Å². The number of halogens is 1. The van der Waals surface area contributed by atoms with Crippen molar-refractivity contribution in [2.24, 2.45) is 5.73 Å². The highest BCUT2D eigenvalue weighted by Crippen LogP contribution is 2.31. The predicted molar refractivity (Wildman–Crippen MR) is 108 cm³/mol. The summed E-state index contributed by atoms with van der Waals surface area (Å²) in [6.45, 7) is 1.23. The molecule has 3 heterocycles. The Morgan fingerprint density at radius 2 is 2.19 bits per heavy atom. The minimum atomic E-state index is -0.00542. The highest BCUT2D eigenvalue weighted by Gasteiger charge is 2.19. The lowest BCUT2D eigenvalue weighted by molar-refractivity contribution is 0.0966. The van der Waals surface area contributed by atoms with Crippen molar-refractivity contribution < 1.29 is 4.79 Å². The number of benzene rings is 1. The third kappa shape index (κ3) is 3.76. The third-order valence-corrected chi connectivity index (χ3v) is 6.44. The molecule has 4 N–H and O–H groups in total. The van der Waals surface area contributed by atoms with Crippen molar-refractivity contribution in [1.29, 1.82) is 0 Å². The number of thiophene rings is 1. The molecule has 5 nitrogen and oxygen atoms in total. The van der Waals surface area contributed by atoms with Gasteiger partial charge in [-0.2, -0.15) is 0 Å². The lowest BCUT2D eigenvalue weighted by atomic mass is 10.1. The molecular formula is C18H17ClN4OS2. The van der Waals surface area contributed by atoms with E-state index >= 15 is 0 Å². The molecule has 0 bridgehead atoms. The van der Waals surface area contributed by atoms with E-state index in [1.807, 2.05) is 30.5 Å². The van der Waals surface area contributed by atoms with Crippen LogP contribution in [-0.2, 0) is 13.0 Å². The first kappa shape index (κ1) is 17.5. The maximum Gasteiger partial charge on any atom is 0.251 e. The van der Waals surface area contributed by atoms with E-state index in [-0.39, 0.29) is 11.9 Å². The highest BCUT2D eigenvalue weighted by molar-refractivity contribution is 7.18. The Kier molecular flexibility index (Phi) is 4.95. The number of nitrogens with one attached hydrogen (secondary N) is 2. The first-order chi connectivity index (χ1) is 12.6. The van der Waals surface area contributed by atoms with Crippen molar-refractivity contribution in [3.63, 3.8) is 0 Å². The van der Waals surface area contributed by atoms with Crippen LogP contribution in [0.3, 0.4) is 0 Å². The molecule has 26 heavy (non-hydrogen) atoms. The quantitative estimate of drug-likeness (QED) is 0.584. The van der Waals surface area contributed by atoms with Gasteiger partial charge >= 0.3 is 0 Å². The van der Waals surface area contributed by atoms with Gasteiger partial charge in [-0.15, -0.1) is 11.3 Å². The standard InChI is InChI=1S/C18H17ClN4OS2/c19-16-4-2-13(25-16)6-12(20)8-22-18-23-9-15(26-18)10-1-3-14-11(5-10)7-21-17(14)24/h1-5,9,12H,6-8,20H2,(H,21,24)(H,22,23)/t12-/m0/s1. The molecule has 0 spiro atoms. The molecule has 1 aliphatic heterocycles. The van der Waals surface area contributed by atoms with E-state index in [0.717, 1.165) is 37.5 Å². The molecule has 2 aromatic heterocycles. The molecule has 1 aliphatic rings. The van der Waals surface area contributed by atoms with Crippen LogP contribution < -0.4 is 16.4 Å². The summed E-state index contributed by atoms with van der Waals surface area (Å²) in [4.78, 5) is 18.3. The number of aromatic nitrogens is 1. The molecule has 134 valence electrons. The van der Waals surface area contributed by atoms with E-state index in [1.165, 1.54) is 4.88 Å². The van der Waals surface area contributed by atoms with E-state index in [1.54, 1.807) is 22.7 Å². The van der Waals surface area contributed by atoms with Crippen LogP contribution in [0.15, 0.2) is 36.5 Å². The summed E-state index contributed by atoms with van der Waals surface area (Å²) < 4.78 is 0.788. The van der Waals surface area contributed by atoms with Crippen molar-refractivity contribution in [3.8, 4) is 10.4 Å². The second-order valence-corrected chi connectivity index (χ2v) is 8.97. The van der Waals surface area contributed by atoms with Gasteiger partial charge in [-0.05, 0) is 41.8 Å². The normalized spacial score (nSPS) is 14.2. The number of thiazole rings is 1. The van der Waals surface area contributed by atoms with Gasteiger partial charge < -0.3 is 16.4 Å². The predicted octanol–water partition coefficient (Wildman–Crippen LogP) is 3.75. The van der Waals surface area contributed by atoms with E-state index in [2.05, 4.69) is 21.7 Å². The van der Waals surface area contributed by atoms with E-state index in [9.17, 15) is 4.79 Å². The minimum absolute atomic E-state index is 0.000717. The molecule has 0 saturated carbocycles. The number of carbonyl (C=O) groups excluding carboxylic acids is 1. The summed E-state index contributed by atoms with van der Waals surface area (Å²) in [5, 5.41) is 6.99. The van der Waals surface area contributed by atoms with E-state index in [0.29, 0.717) is 13.1 Å². The molecule has 8 heteroatoms. The van der Waals surface area contributed by atoms with Crippen molar-refractivity contribution in [2.75, 3.05) is 11.9 Å². The minimum Gasteiger partial charge on any atom is -0.360 e. The zero-order valence-electron chi connectivity index (χ0n) is 13.8. The van der Waals surface area contributed by atoms with Gasteiger partial charge in [0.1, 0.15) is 0 Å². The summed E-state index contributed by atoms with van der Waals surface area (Å²) in [7, 11) is 0. The first-order valence-electron chi connectivity index (χ1n) is 8.19. The van der Waals surface area contributed by atoms with Crippen LogP contribution in [0.1, 0.15) is 20.8 Å². The Morgan fingerprint density at radius 3 is 3.00 bits per heavy atom. The lowest BCUT2D eigenvalue weighted by Crippen LogP contribution is -2.30. The number of nitrogens with two attached hydrogens (primary N) is 1. The van der Waals surface area contributed by atoms with Gasteiger partial charge in [-0.1, -0.05) is 29.0 Å². The molecule has 0 fully saturated rings. The summed E-state index contributed by atoms with van der Waals surface area (Å²) in [6.07, 6.45) is 2.64. The van der Waals surface area contributed by atoms with Gasteiger partial charge in [0.15, 0.2) is 5.13 Å². The smallest absolute Gasteiger partial charge is 0.251 e.